The number of nitrogens with zero attached hydrogens (tertiary/aromatic N) is 1. The maximum absolute atomic E-state index is 14.2. The van der Waals surface area contributed by atoms with Crippen LogP contribution >= 0.6 is 0 Å². The lowest BCUT2D eigenvalue weighted by molar-refractivity contribution is -0.140. The standard InChI is InChI=1S/C25H22FNO6/c1-14-6-7-16(11-18(14)26)23(28)21-22(15-8-9-19(31-2)20(12-15)32-3)27(25(30)24(21)29)13-17-5-4-10-33-17/h4-12,22,28H,13H2,1-3H3/t22-/m0/s1. The van der Waals surface area contributed by atoms with Gasteiger partial charge < -0.3 is 23.9 Å². The molecule has 1 fully saturated rings. The number of ether oxygens (including phenoxy) is 2. The van der Waals surface area contributed by atoms with Crippen LogP contribution in [0.2, 0.25) is 0 Å². The molecule has 33 heavy (non-hydrogen) atoms. The van der Waals surface area contributed by atoms with Crippen LogP contribution in [0.3, 0.4) is 0 Å². The smallest absolute Gasteiger partial charge is 0.296 e. The van der Waals surface area contributed by atoms with Gasteiger partial charge in [0.1, 0.15) is 17.3 Å². The molecule has 0 bridgehead atoms. The minimum absolute atomic E-state index is 0.00434. The maximum atomic E-state index is 14.2. The predicted octanol–water partition coefficient (Wildman–Crippen LogP) is 4.37. The molecule has 4 rings (SSSR count). The fraction of sp³-hybridized carbons (Fsp3) is 0.200. The quantitative estimate of drug-likeness (QED) is 0.340. The SMILES string of the molecule is COc1ccc([C@H]2C(=C(O)c3ccc(C)c(F)c3)C(=O)C(=O)N2Cc2ccco2)cc1OC. The van der Waals surface area contributed by atoms with Crippen molar-refractivity contribution in [2.24, 2.45) is 0 Å². The number of benzene rings is 2. The van der Waals surface area contributed by atoms with Gasteiger partial charge in [-0.05, 0) is 48.4 Å². The van der Waals surface area contributed by atoms with Crippen molar-refractivity contribution in [2.75, 3.05) is 14.2 Å². The Labute approximate surface area is 189 Å². The van der Waals surface area contributed by atoms with Crippen LogP contribution < -0.4 is 9.47 Å². The number of carbonyl (C=O) groups excluding carboxylic acids is 2. The summed E-state index contributed by atoms with van der Waals surface area (Å²) in [6.07, 6.45) is 1.46. The number of Topliss-reactive ketones (excluding diaryl/α,β-unsaturated/α-hetero) is 1. The van der Waals surface area contributed by atoms with Gasteiger partial charge in [-0.1, -0.05) is 18.2 Å². The third kappa shape index (κ3) is 3.95. The van der Waals surface area contributed by atoms with E-state index in [1.165, 1.54) is 37.5 Å². The van der Waals surface area contributed by atoms with Crippen molar-refractivity contribution in [2.45, 2.75) is 19.5 Å². The number of likely N-dealkylation sites (tertiary alicyclic amines) is 1. The van der Waals surface area contributed by atoms with Gasteiger partial charge in [0.2, 0.25) is 0 Å². The van der Waals surface area contributed by atoms with Crippen LogP contribution in [-0.4, -0.2) is 35.9 Å². The van der Waals surface area contributed by atoms with Crippen molar-refractivity contribution in [3.05, 3.63) is 88.6 Å². The monoisotopic (exact) mass is 451 g/mol. The molecule has 3 aromatic rings. The second-order valence-corrected chi connectivity index (χ2v) is 7.58. The highest BCUT2D eigenvalue weighted by Crippen LogP contribution is 2.42. The van der Waals surface area contributed by atoms with Gasteiger partial charge in [-0.15, -0.1) is 0 Å². The summed E-state index contributed by atoms with van der Waals surface area (Å²) in [5.41, 5.74) is 0.843. The van der Waals surface area contributed by atoms with Crippen molar-refractivity contribution >= 4 is 17.4 Å². The van der Waals surface area contributed by atoms with Gasteiger partial charge in [0.15, 0.2) is 11.5 Å². The molecule has 2 aromatic carbocycles. The molecule has 0 saturated carbocycles. The molecule has 1 atom stereocenters. The van der Waals surface area contributed by atoms with E-state index in [1.54, 1.807) is 37.3 Å². The Hall–Kier alpha value is -4.07. The molecule has 7 nitrogen and oxygen atoms in total. The number of furan rings is 1. The van der Waals surface area contributed by atoms with Gasteiger partial charge in [0.05, 0.1) is 38.6 Å². The van der Waals surface area contributed by atoms with Crippen LogP contribution in [0.15, 0.2) is 64.8 Å². The highest BCUT2D eigenvalue weighted by molar-refractivity contribution is 6.46. The molecule has 1 N–H and O–H groups in total. The summed E-state index contributed by atoms with van der Waals surface area (Å²) in [4.78, 5) is 27.4. The molecule has 0 aliphatic carbocycles. The molecule has 1 amide bonds. The lowest BCUT2D eigenvalue weighted by atomic mass is 9.94. The molecular formula is C25H22FNO6. The molecule has 1 aromatic heterocycles. The normalized spacial score (nSPS) is 17.5. The highest BCUT2D eigenvalue weighted by Gasteiger charge is 2.46. The zero-order valence-electron chi connectivity index (χ0n) is 18.3. The Balaban J connectivity index is 1.90. The van der Waals surface area contributed by atoms with Crippen LogP contribution in [0.4, 0.5) is 4.39 Å². The van der Waals surface area contributed by atoms with E-state index in [0.29, 0.717) is 28.4 Å². The van der Waals surface area contributed by atoms with Crippen LogP contribution in [0, 0.1) is 12.7 Å². The van der Waals surface area contributed by atoms with Crippen LogP contribution in [0.1, 0.15) is 28.5 Å². The Kier molecular flexibility index (Phi) is 5.91. The van der Waals surface area contributed by atoms with Gasteiger partial charge in [0.25, 0.3) is 11.7 Å². The molecule has 1 aliphatic heterocycles. The number of hydrogen-bond acceptors (Lipinski definition) is 6. The molecule has 170 valence electrons. The van der Waals surface area contributed by atoms with Crippen LogP contribution in [0.25, 0.3) is 5.76 Å². The average Bonchev–Trinajstić information content (AvgIpc) is 3.42. The largest absolute Gasteiger partial charge is 0.507 e. The summed E-state index contributed by atoms with van der Waals surface area (Å²) in [6.45, 7) is 1.58. The third-order valence-electron chi connectivity index (χ3n) is 5.61. The number of halogens is 1. The fourth-order valence-corrected chi connectivity index (χ4v) is 3.88. The fourth-order valence-electron chi connectivity index (χ4n) is 3.88. The van der Waals surface area contributed by atoms with Gasteiger partial charge in [-0.2, -0.15) is 0 Å². The minimum Gasteiger partial charge on any atom is -0.507 e. The number of ketones is 1. The Morgan fingerprint density at radius 2 is 1.85 bits per heavy atom. The molecular weight excluding hydrogens is 429 g/mol. The number of rotatable bonds is 6. The van der Waals surface area contributed by atoms with E-state index in [4.69, 9.17) is 13.9 Å². The van der Waals surface area contributed by atoms with E-state index in [2.05, 4.69) is 0 Å². The topological polar surface area (TPSA) is 89.2 Å². The van der Waals surface area contributed by atoms with Crippen molar-refractivity contribution in [3.63, 3.8) is 0 Å². The molecule has 8 heteroatoms. The molecule has 0 radical (unpaired) electrons. The Morgan fingerprint density at radius 3 is 2.48 bits per heavy atom. The first-order chi connectivity index (χ1) is 15.8. The van der Waals surface area contributed by atoms with Crippen LogP contribution in [-0.2, 0) is 16.1 Å². The number of aryl methyl sites for hydroxylation is 1. The zero-order chi connectivity index (χ0) is 23.7. The minimum atomic E-state index is -0.959. The number of amides is 1. The molecule has 1 aliphatic rings. The number of aliphatic hydroxyl groups is 1. The van der Waals surface area contributed by atoms with Crippen molar-refractivity contribution in [3.8, 4) is 11.5 Å². The summed E-state index contributed by atoms with van der Waals surface area (Å²) in [5.74, 6) is -1.37. The van der Waals surface area contributed by atoms with Gasteiger partial charge in [-0.3, -0.25) is 9.59 Å². The summed E-state index contributed by atoms with van der Waals surface area (Å²) in [5, 5.41) is 11.1. The molecule has 0 spiro atoms. The summed E-state index contributed by atoms with van der Waals surface area (Å²) < 4.78 is 30.2. The van der Waals surface area contributed by atoms with E-state index in [0.717, 1.165) is 6.07 Å². The third-order valence-corrected chi connectivity index (χ3v) is 5.61. The number of aliphatic hydroxyl groups excluding tert-OH is 1. The average molecular weight is 451 g/mol. The molecule has 2 heterocycles. The van der Waals surface area contributed by atoms with Crippen molar-refractivity contribution in [1.82, 2.24) is 4.90 Å². The number of carbonyl (C=O) groups is 2. The van der Waals surface area contributed by atoms with Crippen LogP contribution in [0.5, 0.6) is 11.5 Å². The van der Waals surface area contributed by atoms with E-state index >= 15 is 0 Å². The van der Waals surface area contributed by atoms with Gasteiger partial charge >= 0.3 is 0 Å². The zero-order valence-corrected chi connectivity index (χ0v) is 18.3. The van der Waals surface area contributed by atoms with E-state index in [1.807, 2.05) is 0 Å². The lowest BCUT2D eigenvalue weighted by Gasteiger charge is -2.25. The number of hydrogen-bond donors (Lipinski definition) is 1. The Morgan fingerprint density at radius 1 is 1.09 bits per heavy atom. The maximum Gasteiger partial charge on any atom is 0.296 e. The summed E-state index contributed by atoms with van der Waals surface area (Å²) >= 11 is 0. The van der Waals surface area contributed by atoms with E-state index in [-0.39, 0.29) is 17.7 Å². The number of methoxy groups -OCH3 is 2. The van der Waals surface area contributed by atoms with E-state index < -0.39 is 29.3 Å². The van der Waals surface area contributed by atoms with Gasteiger partial charge in [-0.25, -0.2) is 4.39 Å². The lowest BCUT2D eigenvalue weighted by Crippen LogP contribution is -2.29. The van der Waals surface area contributed by atoms with Crippen molar-refractivity contribution in [1.29, 1.82) is 0 Å². The van der Waals surface area contributed by atoms with Crippen molar-refractivity contribution < 1.29 is 33.0 Å². The summed E-state index contributed by atoms with van der Waals surface area (Å²) in [7, 11) is 2.96. The van der Waals surface area contributed by atoms with E-state index in [9.17, 15) is 19.1 Å². The Bertz CT molecular complexity index is 1250. The second-order valence-electron chi connectivity index (χ2n) is 7.58. The molecule has 1 saturated heterocycles. The first-order valence-electron chi connectivity index (χ1n) is 10.1. The molecule has 0 unspecified atom stereocenters. The first kappa shape index (κ1) is 22.1. The summed E-state index contributed by atoms with van der Waals surface area (Å²) in [6, 6.07) is 11.5. The van der Waals surface area contributed by atoms with Gasteiger partial charge in [0, 0.05) is 5.56 Å². The predicted molar refractivity (Wildman–Crippen MR) is 117 cm³/mol. The second kappa shape index (κ2) is 8.82. The first-order valence-corrected chi connectivity index (χ1v) is 10.1. The highest BCUT2D eigenvalue weighted by atomic mass is 19.1.